The molecule has 5 nitrogen and oxygen atoms in total. The molecule has 0 aliphatic carbocycles. The molecule has 0 bridgehead atoms. The Morgan fingerprint density at radius 3 is 1.35 bits per heavy atom. The largest absolute Gasteiger partial charge is 0.403 e. The van der Waals surface area contributed by atoms with Crippen molar-refractivity contribution in [1.82, 2.24) is 0 Å². The first-order valence-corrected chi connectivity index (χ1v) is 18.4. The molecule has 0 unspecified atom stereocenters. The van der Waals surface area contributed by atoms with Crippen molar-refractivity contribution in [2.45, 2.75) is 64.5 Å². The first-order valence-electron chi connectivity index (χ1n) is 16.8. The zero-order chi connectivity index (χ0) is 33.4. The van der Waals surface area contributed by atoms with Gasteiger partial charge >= 0.3 is 0 Å². The Bertz CT molecular complexity index is 1520. The first-order chi connectivity index (χ1) is 23.4. The maximum absolute atomic E-state index is 7.33. The summed E-state index contributed by atoms with van der Waals surface area (Å²) >= 11 is 0. The van der Waals surface area contributed by atoms with Gasteiger partial charge in [0.2, 0.25) is 9.04 Å². The molecular weight excluding hydrogens is 613 g/mol. The highest BCUT2D eigenvalue weighted by molar-refractivity contribution is 6.80. The average Bonchev–Trinajstić information content (AvgIpc) is 3.12. The Labute approximate surface area is 288 Å². The number of rotatable bonds is 18. The molecule has 6 heteroatoms. The fourth-order valence-electron chi connectivity index (χ4n) is 5.43. The lowest BCUT2D eigenvalue weighted by Gasteiger charge is -2.37. The summed E-state index contributed by atoms with van der Waals surface area (Å²) in [5.74, 6) is 0. The summed E-state index contributed by atoms with van der Waals surface area (Å²) in [6, 6.07) is 51.8. The van der Waals surface area contributed by atoms with Gasteiger partial charge in [0.15, 0.2) is 0 Å². The number of hydrogen-bond acceptors (Lipinski definition) is 5. The van der Waals surface area contributed by atoms with Crippen LogP contribution in [0.5, 0.6) is 0 Å². The molecule has 48 heavy (non-hydrogen) atoms. The van der Waals surface area contributed by atoms with Gasteiger partial charge in [-0.3, -0.25) is 0 Å². The van der Waals surface area contributed by atoms with Gasteiger partial charge in [0.1, 0.15) is 12.2 Å². The normalized spacial score (nSPS) is 13.7. The van der Waals surface area contributed by atoms with E-state index in [1.165, 1.54) is 10.4 Å². The highest BCUT2D eigenvalue weighted by Crippen LogP contribution is 2.21. The third kappa shape index (κ3) is 11.7. The summed E-state index contributed by atoms with van der Waals surface area (Å²) in [7, 11) is -2.21. The Balaban J connectivity index is 1.51. The monoisotopic (exact) mass is 660 g/mol. The van der Waals surface area contributed by atoms with E-state index in [0.29, 0.717) is 33.0 Å². The van der Waals surface area contributed by atoms with Gasteiger partial charge in [0.05, 0.1) is 44.7 Å². The molecule has 0 spiro atoms. The van der Waals surface area contributed by atoms with Crippen LogP contribution in [-0.4, -0.2) is 46.2 Å². The molecule has 0 aromatic heterocycles. The number of benzene rings is 5. The van der Waals surface area contributed by atoms with Gasteiger partial charge in [-0.15, -0.1) is 0 Å². The van der Waals surface area contributed by atoms with E-state index in [1.54, 1.807) is 0 Å². The van der Waals surface area contributed by atoms with Crippen molar-refractivity contribution in [3.05, 3.63) is 168 Å². The van der Waals surface area contributed by atoms with Crippen LogP contribution >= 0.6 is 0 Å². The van der Waals surface area contributed by atoms with Crippen molar-refractivity contribution in [1.29, 1.82) is 0 Å². The molecule has 0 fully saturated rings. The van der Waals surface area contributed by atoms with Crippen LogP contribution in [0.15, 0.2) is 152 Å². The van der Waals surface area contributed by atoms with Crippen molar-refractivity contribution in [2.75, 3.05) is 13.2 Å². The SMILES string of the molecule is CC(C)(C)OC[C@H](OCc1ccccc1)[C@H](OCc1ccccc1)[C@@H](COCc1ccccc1)O[SiH](c1ccccc1)c1ccccc1. The molecule has 250 valence electrons. The minimum atomic E-state index is -2.21. The highest BCUT2D eigenvalue weighted by Gasteiger charge is 2.36. The van der Waals surface area contributed by atoms with Crippen LogP contribution in [0.3, 0.4) is 0 Å². The van der Waals surface area contributed by atoms with Gasteiger partial charge < -0.3 is 23.4 Å². The lowest BCUT2D eigenvalue weighted by atomic mass is 10.1. The summed E-state index contributed by atoms with van der Waals surface area (Å²) in [6.45, 7) is 8.11. The fraction of sp³-hybridized carbons (Fsp3) is 0.286. The molecule has 5 aromatic rings. The fourth-order valence-corrected chi connectivity index (χ4v) is 7.85. The molecule has 0 aliphatic rings. The minimum Gasteiger partial charge on any atom is -0.403 e. The van der Waals surface area contributed by atoms with Crippen LogP contribution in [0, 0.1) is 0 Å². The van der Waals surface area contributed by atoms with Gasteiger partial charge in [-0.2, -0.15) is 0 Å². The maximum Gasteiger partial charge on any atom is 0.240 e. The Morgan fingerprint density at radius 2 is 0.896 bits per heavy atom. The van der Waals surface area contributed by atoms with Gasteiger partial charge in [-0.1, -0.05) is 152 Å². The van der Waals surface area contributed by atoms with Gasteiger partial charge in [-0.05, 0) is 47.8 Å². The second kappa shape index (κ2) is 18.6. The maximum atomic E-state index is 7.33. The van der Waals surface area contributed by atoms with Crippen molar-refractivity contribution in [3.8, 4) is 0 Å². The van der Waals surface area contributed by atoms with Crippen molar-refractivity contribution in [3.63, 3.8) is 0 Å². The third-order valence-electron chi connectivity index (χ3n) is 7.91. The third-order valence-corrected chi connectivity index (χ3v) is 10.5. The highest BCUT2D eigenvalue weighted by atomic mass is 28.3. The standard InChI is InChI=1S/C42H48O5Si/c1-42(2,3)46-33-39(44-30-35-21-11-5-12-22-35)41(45-31-36-23-13-6-14-24-36)40(32-43-29-34-19-9-4-10-20-34)47-48(37-25-15-7-16-26-37)38-27-17-8-18-28-38/h4-28,39-41,48H,29-33H2,1-3H3/t39-,40+,41-/m0/s1. The van der Waals surface area contributed by atoms with Crippen LogP contribution in [0.2, 0.25) is 0 Å². The topological polar surface area (TPSA) is 46.2 Å². The smallest absolute Gasteiger partial charge is 0.240 e. The molecule has 0 saturated carbocycles. The van der Waals surface area contributed by atoms with E-state index >= 15 is 0 Å². The van der Waals surface area contributed by atoms with Crippen LogP contribution in [0.4, 0.5) is 0 Å². The molecule has 0 saturated heterocycles. The van der Waals surface area contributed by atoms with Crippen LogP contribution in [0.25, 0.3) is 0 Å². The molecule has 5 aromatic carbocycles. The molecular formula is C42H48O5Si. The van der Waals surface area contributed by atoms with E-state index in [1.807, 2.05) is 66.7 Å². The Hall–Kier alpha value is -3.88. The van der Waals surface area contributed by atoms with E-state index < -0.39 is 27.4 Å². The predicted molar refractivity (Wildman–Crippen MR) is 196 cm³/mol. The molecule has 0 aliphatic heterocycles. The zero-order valence-electron chi connectivity index (χ0n) is 28.3. The second-order valence-electron chi connectivity index (χ2n) is 12.9. The Morgan fingerprint density at radius 1 is 0.479 bits per heavy atom. The summed E-state index contributed by atoms with van der Waals surface area (Å²) in [5, 5.41) is 2.37. The van der Waals surface area contributed by atoms with E-state index in [2.05, 4.69) is 106 Å². The van der Waals surface area contributed by atoms with E-state index in [4.69, 9.17) is 23.4 Å². The quantitative estimate of drug-likeness (QED) is 0.0938. The lowest BCUT2D eigenvalue weighted by molar-refractivity contribution is -0.170. The molecule has 0 amide bonds. The van der Waals surface area contributed by atoms with E-state index in [0.717, 1.165) is 16.7 Å². The zero-order valence-corrected chi connectivity index (χ0v) is 29.5. The number of ether oxygens (including phenoxy) is 4. The minimum absolute atomic E-state index is 0.318. The lowest BCUT2D eigenvalue weighted by Crippen LogP contribution is -2.54. The molecule has 5 rings (SSSR count). The van der Waals surface area contributed by atoms with Crippen molar-refractivity contribution < 1.29 is 23.4 Å². The van der Waals surface area contributed by atoms with Gasteiger partial charge in [0, 0.05) is 0 Å². The Kier molecular flexibility index (Phi) is 13.7. The first kappa shape index (κ1) is 35.4. The van der Waals surface area contributed by atoms with Crippen molar-refractivity contribution in [2.24, 2.45) is 0 Å². The predicted octanol–water partition coefficient (Wildman–Crippen LogP) is 7.11. The summed E-state index contributed by atoms with van der Waals surface area (Å²) in [6.07, 6.45) is -1.41. The second-order valence-corrected chi connectivity index (χ2v) is 15.3. The van der Waals surface area contributed by atoms with Crippen molar-refractivity contribution >= 4 is 19.4 Å². The van der Waals surface area contributed by atoms with Crippen LogP contribution < -0.4 is 10.4 Å². The van der Waals surface area contributed by atoms with Crippen LogP contribution in [-0.2, 0) is 43.2 Å². The molecule has 0 N–H and O–H groups in total. The molecule has 0 heterocycles. The van der Waals surface area contributed by atoms with Gasteiger partial charge in [-0.25, -0.2) is 0 Å². The van der Waals surface area contributed by atoms with Gasteiger partial charge in [0.25, 0.3) is 0 Å². The van der Waals surface area contributed by atoms with Crippen LogP contribution in [0.1, 0.15) is 37.5 Å². The summed E-state index contributed by atoms with van der Waals surface area (Å²) in [4.78, 5) is 0. The molecule has 3 atom stereocenters. The summed E-state index contributed by atoms with van der Waals surface area (Å²) in [5.41, 5.74) is 2.89. The summed E-state index contributed by atoms with van der Waals surface area (Å²) < 4.78 is 33.9. The average molecular weight is 661 g/mol. The van der Waals surface area contributed by atoms with E-state index in [9.17, 15) is 0 Å². The molecule has 0 radical (unpaired) electrons. The number of hydrogen-bond donors (Lipinski definition) is 0. The van der Waals surface area contributed by atoms with E-state index in [-0.39, 0.29) is 5.60 Å².